The summed E-state index contributed by atoms with van der Waals surface area (Å²) in [6.07, 6.45) is 3.87. The number of piperidine rings is 1. The Morgan fingerprint density at radius 2 is 1.89 bits per heavy atom. The minimum absolute atomic E-state index is 0.194. The first-order chi connectivity index (χ1) is 13.1. The van der Waals surface area contributed by atoms with Crippen LogP contribution in [-0.4, -0.2) is 51.8 Å². The monoisotopic (exact) mass is 365 g/mol. The van der Waals surface area contributed by atoms with E-state index in [0.717, 1.165) is 5.56 Å². The molecule has 0 unspecified atom stereocenters. The average molecular weight is 365 g/mol. The third kappa shape index (κ3) is 3.28. The fourth-order valence-corrected chi connectivity index (χ4v) is 3.58. The molecule has 0 bridgehead atoms. The van der Waals surface area contributed by atoms with Gasteiger partial charge in [-0.2, -0.15) is 0 Å². The second-order valence-electron chi connectivity index (χ2n) is 6.68. The molecule has 2 aliphatic heterocycles. The summed E-state index contributed by atoms with van der Waals surface area (Å²) in [6, 6.07) is 10.7. The van der Waals surface area contributed by atoms with Gasteiger partial charge in [-0.3, -0.25) is 19.5 Å². The van der Waals surface area contributed by atoms with Crippen molar-refractivity contribution in [2.24, 2.45) is 0 Å². The summed E-state index contributed by atoms with van der Waals surface area (Å²) < 4.78 is 5.38. The van der Waals surface area contributed by atoms with E-state index in [-0.39, 0.29) is 31.0 Å². The number of amides is 3. The molecule has 1 aromatic carbocycles. The molecule has 2 aliphatic rings. The van der Waals surface area contributed by atoms with Gasteiger partial charge in [-0.1, -0.05) is 30.3 Å². The molecule has 7 heteroatoms. The third-order valence-corrected chi connectivity index (χ3v) is 4.94. The summed E-state index contributed by atoms with van der Waals surface area (Å²) >= 11 is 0. The summed E-state index contributed by atoms with van der Waals surface area (Å²) in [5.41, 5.74) is 1.61. The van der Waals surface area contributed by atoms with E-state index in [1.165, 1.54) is 17.3 Å². The highest BCUT2D eigenvalue weighted by Gasteiger charge is 2.42. The number of carbonyl (C=O) groups excluding carboxylic acids is 3. The standard InChI is InChI=1S/C20H19N3O4/c24-18-16-8-9-21-11-17(16)19(25)23(18)15-7-4-10-22(12-15)20(26)27-13-14-5-2-1-3-6-14/h1-3,5-6,8-9,11,15H,4,7,10,12-13H2/t15-/m0/s1. The van der Waals surface area contributed by atoms with Crippen LogP contribution in [0.1, 0.15) is 39.1 Å². The molecule has 0 radical (unpaired) electrons. The number of hydrogen-bond donors (Lipinski definition) is 0. The Morgan fingerprint density at radius 3 is 2.67 bits per heavy atom. The highest BCUT2D eigenvalue weighted by molar-refractivity contribution is 6.21. The van der Waals surface area contributed by atoms with Crippen LogP contribution < -0.4 is 0 Å². The molecular formula is C20H19N3O4. The maximum absolute atomic E-state index is 12.6. The lowest BCUT2D eigenvalue weighted by Crippen LogP contribution is -2.51. The van der Waals surface area contributed by atoms with Crippen LogP contribution in [0.5, 0.6) is 0 Å². The maximum Gasteiger partial charge on any atom is 0.410 e. The number of nitrogens with zero attached hydrogens (tertiary/aromatic N) is 3. The lowest BCUT2D eigenvalue weighted by Gasteiger charge is -2.35. The van der Waals surface area contributed by atoms with Crippen molar-refractivity contribution >= 4 is 17.9 Å². The third-order valence-electron chi connectivity index (χ3n) is 4.94. The van der Waals surface area contributed by atoms with Gasteiger partial charge in [-0.15, -0.1) is 0 Å². The predicted octanol–water partition coefficient (Wildman–Crippen LogP) is 2.48. The Kier molecular flexibility index (Phi) is 4.58. The molecule has 1 saturated heterocycles. The van der Waals surface area contributed by atoms with Crippen LogP contribution in [0, 0.1) is 0 Å². The molecule has 27 heavy (non-hydrogen) atoms. The predicted molar refractivity (Wildman–Crippen MR) is 96.0 cm³/mol. The molecule has 7 nitrogen and oxygen atoms in total. The van der Waals surface area contributed by atoms with Gasteiger partial charge in [-0.25, -0.2) is 4.79 Å². The topological polar surface area (TPSA) is 79.8 Å². The van der Waals surface area contributed by atoms with Crippen molar-refractivity contribution < 1.29 is 19.1 Å². The second-order valence-corrected chi connectivity index (χ2v) is 6.68. The van der Waals surface area contributed by atoms with Gasteiger partial charge < -0.3 is 9.64 Å². The van der Waals surface area contributed by atoms with E-state index in [1.807, 2.05) is 30.3 Å². The highest BCUT2D eigenvalue weighted by atomic mass is 16.6. The van der Waals surface area contributed by atoms with Crippen LogP contribution in [0.2, 0.25) is 0 Å². The van der Waals surface area contributed by atoms with Crippen molar-refractivity contribution in [3.63, 3.8) is 0 Å². The van der Waals surface area contributed by atoms with Crippen LogP contribution in [0.4, 0.5) is 4.79 Å². The molecule has 1 fully saturated rings. The number of rotatable bonds is 3. The van der Waals surface area contributed by atoms with Gasteiger partial charge in [0.25, 0.3) is 11.8 Å². The number of fused-ring (bicyclic) bond motifs is 1. The zero-order valence-corrected chi connectivity index (χ0v) is 14.7. The van der Waals surface area contributed by atoms with Crippen molar-refractivity contribution in [3.05, 3.63) is 65.5 Å². The summed E-state index contributed by atoms with van der Waals surface area (Å²) in [7, 11) is 0. The minimum atomic E-state index is -0.429. The molecule has 138 valence electrons. The Labute approximate surface area is 156 Å². The average Bonchev–Trinajstić information content (AvgIpc) is 2.98. The van der Waals surface area contributed by atoms with Crippen molar-refractivity contribution in [1.82, 2.24) is 14.8 Å². The quantitative estimate of drug-likeness (QED) is 0.781. The largest absolute Gasteiger partial charge is 0.445 e. The molecule has 1 atom stereocenters. The molecular weight excluding hydrogens is 346 g/mol. The molecule has 0 aliphatic carbocycles. The summed E-state index contributed by atoms with van der Waals surface area (Å²) in [5.74, 6) is -0.658. The number of carbonyl (C=O) groups is 3. The Hall–Kier alpha value is -3.22. The molecule has 0 spiro atoms. The number of imide groups is 1. The second kappa shape index (κ2) is 7.19. The highest BCUT2D eigenvalue weighted by Crippen LogP contribution is 2.27. The van der Waals surface area contributed by atoms with E-state index in [1.54, 1.807) is 11.0 Å². The van der Waals surface area contributed by atoms with Crippen LogP contribution in [0.15, 0.2) is 48.8 Å². The van der Waals surface area contributed by atoms with Crippen molar-refractivity contribution in [3.8, 4) is 0 Å². The van der Waals surface area contributed by atoms with E-state index >= 15 is 0 Å². The molecule has 3 amide bonds. The number of benzene rings is 1. The van der Waals surface area contributed by atoms with Gasteiger partial charge in [0.2, 0.25) is 0 Å². The van der Waals surface area contributed by atoms with Gasteiger partial charge in [0.1, 0.15) is 6.61 Å². The van der Waals surface area contributed by atoms with E-state index in [4.69, 9.17) is 4.74 Å². The van der Waals surface area contributed by atoms with E-state index in [2.05, 4.69) is 4.98 Å². The molecule has 0 saturated carbocycles. The maximum atomic E-state index is 12.6. The van der Waals surface area contributed by atoms with Gasteiger partial charge >= 0.3 is 6.09 Å². The minimum Gasteiger partial charge on any atom is -0.445 e. The first-order valence-corrected chi connectivity index (χ1v) is 8.92. The van der Waals surface area contributed by atoms with Crippen LogP contribution in [0.3, 0.4) is 0 Å². The van der Waals surface area contributed by atoms with Gasteiger partial charge in [0, 0.05) is 25.5 Å². The SMILES string of the molecule is O=C(OCc1ccccc1)N1CCC[C@H](N2C(=O)c3ccncc3C2=O)C1. The summed E-state index contributed by atoms with van der Waals surface area (Å²) in [5, 5.41) is 0. The number of aromatic nitrogens is 1. The Morgan fingerprint density at radius 1 is 1.11 bits per heavy atom. The van der Waals surface area contributed by atoms with Crippen LogP contribution >= 0.6 is 0 Å². The fraction of sp³-hybridized carbons (Fsp3) is 0.300. The molecule has 1 aromatic heterocycles. The van der Waals surface area contributed by atoms with Crippen molar-refractivity contribution in [1.29, 1.82) is 0 Å². The van der Waals surface area contributed by atoms with Gasteiger partial charge in [-0.05, 0) is 24.5 Å². The van der Waals surface area contributed by atoms with Crippen LogP contribution in [-0.2, 0) is 11.3 Å². The number of likely N-dealkylation sites (tertiary alicyclic amines) is 1. The van der Waals surface area contributed by atoms with Gasteiger partial charge in [0.05, 0.1) is 17.2 Å². The molecule has 4 rings (SSSR count). The Balaban J connectivity index is 1.42. The lowest BCUT2D eigenvalue weighted by atomic mass is 10.0. The summed E-state index contributed by atoms with van der Waals surface area (Å²) in [4.78, 5) is 44.4. The Bertz CT molecular complexity index is 849. The van der Waals surface area contributed by atoms with E-state index < -0.39 is 6.09 Å². The molecule has 3 heterocycles. The normalized spacial score (nSPS) is 19.2. The zero-order chi connectivity index (χ0) is 18.8. The number of hydrogen-bond acceptors (Lipinski definition) is 5. The van der Waals surface area contributed by atoms with Crippen molar-refractivity contribution in [2.75, 3.05) is 13.1 Å². The van der Waals surface area contributed by atoms with Crippen LogP contribution in [0.25, 0.3) is 0 Å². The molecule has 0 N–H and O–H groups in total. The molecule has 2 aromatic rings. The van der Waals surface area contributed by atoms with Gasteiger partial charge in [0.15, 0.2) is 0 Å². The lowest BCUT2D eigenvalue weighted by molar-refractivity contribution is 0.0426. The van der Waals surface area contributed by atoms with E-state index in [9.17, 15) is 14.4 Å². The summed E-state index contributed by atoms with van der Waals surface area (Å²) in [6.45, 7) is 1.03. The zero-order valence-electron chi connectivity index (χ0n) is 14.7. The smallest absolute Gasteiger partial charge is 0.410 e. The van der Waals surface area contributed by atoms with E-state index in [0.29, 0.717) is 30.5 Å². The van der Waals surface area contributed by atoms with Crippen molar-refractivity contribution in [2.45, 2.75) is 25.5 Å². The number of pyridine rings is 1. The number of ether oxygens (including phenoxy) is 1. The first-order valence-electron chi connectivity index (χ1n) is 8.92. The fourth-order valence-electron chi connectivity index (χ4n) is 3.58. The first kappa shape index (κ1) is 17.2.